The lowest BCUT2D eigenvalue weighted by molar-refractivity contribution is 0.358. The van der Waals surface area contributed by atoms with Gasteiger partial charge in [-0.25, -0.2) is 0 Å². The minimum atomic E-state index is 0.422. The summed E-state index contributed by atoms with van der Waals surface area (Å²) < 4.78 is 0.888. The van der Waals surface area contributed by atoms with Crippen LogP contribution in [0.4, 0.5) is 0 Å². The Kier molecular flexibility index (Phi) is 5.22. The van der Waals surface area contributed by atoms with E-state index in [9.17, 15) is 0 Å². The van der Waals surface area contributed by atoms with Crippen LogP contribution in [0.2, 0.25) is 4.34 Å². The summed E-state index contributed by atoms with van der Waals surface area (Å²) >= 11 is 9.69. The average Bonchev–Trinajstić information content (AvgIpc) is 2.77. The fourth-order valence-corrected chi connectivity index (χ4v) is 4.55. The van der Waals surface area contributed by atoms with Gasteiger partial charge in [-0.05, 0) is 38.2 Å². The highest BCUT2D eigenvalue weighted by Crippen LogP contribution is 2.31. The van der Waals surface area contributed by atoms with Crippen LogP contribution in [0.3, 0.4) is 0 Å². The van der Waals surface area contributed by atoms with Gasteiger partial charge in [0.2, 0.25) is 0 Å². The van der Waals surface area contributed by atoms with Crippen molar-refractivity contribution in [2.24, 2.45) is 0 Å². The molecule has 1 aromatic heterocycles. The molecule has 0 aliphatic heterocycles. The SMILES string of the molecule is CSC1CCCCC1NC(C)c1ccc(Cl)s1. The van der Waals surface area contributed by atoms with E-state index < -0.39 is 0 Å². The van der Waals surface area contributed by atoms with Crippen LogP contribution in [-0.4, -0.2) is 17.5 Å². The monoisotopic (exact) mass is 289 g/mol. The lowest BCUT2D eigenvalue weighted by Crippen LogP contribution is -2.41. The molecule has 17 heavy (non-hydrogen) atoms. The van der Waals surface area contributed by atoms with E-state index in [1.54, 1.807) is 11.3 Å². The van der Waals surface area contributed by atoms with Crippen molar-refractivity contribution >= 4 is 34.7 Å². The summed E-state index contributed by atoms with van der Waals surface area (Å²) in [5.74, 6) is 0. The molecule has 1 heterocycles. The molecule has 0 amide bonds. The summed E-state index contributed by atoms with van der Waals surface area (Å²) in [5, 5.41) is 4.56. The van der Waals surface area contributed by atoms with Gasteiger partial charge in [0.05, 0.1) is 4.34 Å². The second kappa shape index (κ2) is 6.46. The summed E-state index contributed by atoms with van der Waals surface area (Å²) in [7, 11) is 0. The molecule has 1 saturated carbocycles. The zero-order chi connectivity index (χ0) is 12.3. The number of thioether (sulfide) groups is 1. The molecular formula is C13H20ClNS2. The molecule has 1 fully saturated rings. The first-order valence-electron chi connectivity index (χ1n) is 6.25. The maximum absolute atomic E-state index is 5.99. The fraction of sp³-hybridized carbons (Fsp3) is 0.692. The molecule has 4 heteroatoms. The zero-order valence-corrected chi connectivity index (χ0v) is 12.8. The predicted molar refractivity (Wildman–Crippen MR) is 80.4 cm³/mol. The third kappa shape index (κ3) is 3.63. The Morgan fingerprint density at radius 1 is 1.41 bits per heavy atom. The number of nitrogens with one attached hydrogen (secondary N) is 1. The Balaban J connectivity index is 1.94. The van der Waals surface area contributed by atoms with E-state index in [0.29, 0.717) is 12.1 Å². The van der Waals surface area contributed by atoms with Gasteiger partial charge >= 0.3 is 0 Å². The van der Waals surface area contributed by atoms with Crippen molar-refractivity contribution in [1.29, 1.82) is 0 Å². The molecule has 0 spiro atoms. The number of hydrogen-bond donors (Lipinski definition) is 1. The molecule has 0 radical (unpaired) electrons. The smallest absolute Gasteiger partial charge is 0.0931 e. The van der Waals surface area contributed by atoms with Crippen molar-refractivity contribution < 1.29 is 0 Å². The van der Waals surface area contributed by atoms with E-state index in [2.05, 4.69) is 24.6 Å². The van der Waals surface area contributed by atoms with Crippen molar-refractivity contribution in [1.82, 2.24) is 5.32 Å². The van der Waals surface area contributed by atoms with E-state index >= 15 is 0 Å². The molecule has 0 aromatic carbocycles. The summed E-state index contributed by atoms with van der Waals surface area (Å²) in [5.41, 5.74) is 0. The molecule has 1 aromatic rings. The van der Waals surface area contributed by atoms with Crippen molar-refractivity contribution in [3.63, 3.8) is 0 Å². The third-order valence-electron chi connectivity index (χ3n) is 3.49. The molecular weight excluding hydrogens is 270 g/mol. The first kappa shape index (κ1) is 13.7. The maximum atomic E-state index is 5.99. The van der Waals surface area contributed by atoms with E-state index in [1.165, 1.54) is 30.6 Å². The van der Waals surface area contributed by atoms with Crippen molar-refractivity contribution in [3.8, 4) is 0 Å². The van der Waals surface area contributed by atoms with Crippen LogP contribution in [0.15, 0.2) is 12.1 Å². The van der Waals surface area contributed by atoms with Gasteiger partial charge < -0.3 is 5.32 Å². The molecule has 1 N–H and O–H groups in total. The van der Waals surface area contributed by atoms with Gasteiger partial charge in [-0.15, -0.1) is 11.3 Å². The Labute approximate surface area is 117 Å². The van der Waals surface area contributed by atoms with Gasteiger partial charge in [0, 0.05) is 22.2 Å². The highest BCUT2D eigenvalue weighted by molar-refractivity contribution is 7.99. The van der Waals surface area contributed by atoms with Crippen LogP contribution in [0, 0.1) is 0 Å². The van der Waals surface area contributed by atoms with Crippen molar-refractivity contribution in [3.05, 3.63) is 21.3 Å². The Hall–Kier alpha value is 0.300. The van der Waals surface area contributed by atoms with Crippen LogP contribution < -0.4 is 5.32 Å². The van der Waals surface area contributed by atoms with Crippen molar-refractivity contribution in [2.75, 3.05) is 6.26 Å². The van der Waals surface area contributed by atoms with Gasteiger partial charge in [-0.2, -0.15) is 11.8 Å². The van der Waals surface area contributed by atoms with Crippen molar-refractivity contribution in [2.45, 2.75) is 49.9 Å². The largest absolute Gasteiger partial charge is 0.306 e. The summed E-state index contributed by atoms with van der Waals surface area (Å²) in [6.07, 6.45) is 7.67. The van der Waals surface area contributed by atoms with Gasteiger partial charge in [0.15, 0.2) is 0 Å². The molecule has 0 saturated heterocycles. The first-order valence-corrected chi connectivity index (χ1v) is 8.73. The van der Waals surface area contributed by atoms with Gasteiger partial charge in [-0.1, -0.05) is 24.4 Å². The second-order valence-corrected chi connectivity index (χ2v) is 7.52. The molecule has 1 aliphatic rings. The lowest BCUT2D eigenvalue weighted by Gasteiger charge is -2.33. The van der Waals surface area contributed by atoms with Crippen LogP contribution in [0.1, 0.15) is 43.5 Å². The molecule has 96 valence electrons. The van der Waals surface area contributed by atoms with Crippen LogP contribution in [-0.2, 0) is 0 Å². The minimum Gasteiger partial charge on any atom is -0.306 e. The average molecular weight is 290 g/mol. The maximum Gasteiger partial charge on any atom is 0.0931 e. The highest BCUT2D eigenvalue weighted by atomic mass is 35.5. The lowest BCUT2D eigenvalue weighted by atomic mass is 9.94. The highest BCUT2D eigenvalue weighted by Gasteiger charge is 2.25. The predicted octanol–water partition coefficient (Wildman–Crippen LogP) is 4.73. The summed E-state index contributed by atoms with van der Waals surface area (Å²) in [4.78, 5) is 1.35. The normalized spacial score (nSPS) is 27.0. The molecule has 0 bridgehead atoms. The molecule has 1 nitrogen and oxygen atoms in total. The number of rotatable bonds is 4. The van der Waals surface area contributed by atoms with Crippen LogP contribution in [0.25, 0.3) is 0 Å². The quantitative estimate of drug-likeness (QED) is 0.860. The number of halogens is 1. The molecule has 3 unspecified atom stereocenters. The topological polar surface area (TPSA) is 12.0 Å². The Bertz CT molecular complexity index is 353. The molecule has 2 rings (SSSR count). The number of hydrogen-bond acceptors (Lipinski definition) is 3. The van der Waals surface area contributed by atoms with Gasteiger partial charge in [-0.3, -0.25) is 0 Å². The Morgan fingerprint density at radius 2 is 2.18 bits per heavy atom. The van der Waals surface area contributed by atoms with E-state index in [4.69, 9.17) is 11.6 Å². The summed E-state index contributed by atoms with van der Waals surface area (Å²) in [6.45, 7) is 2.24. The zero-order valence-electron chi connectivity index (χ0n) is 10.4. The van der Waals surface area contributed by atoms with E-state index in [0.717, 1.165) is 9.59 Å². The number of thiophene rings is 1. The Morgan fingerprint density at radius 3 is 2.82 bits per heavy atom. The fourth-order valence-electron chi connectivity index (χ4n) is 2.53. The molecule has 1 aliphatic carbocycles. The van der Waals surface area contributed by atoms with E-state index in [1.807, 2.05) is 17.8 Å². The van der Waals surface area contributed by atoms with E-state index in [-0.39, 0.29) is 0 Å². The molecule has 3 atom stereocenters. The third-order valence-corrected chi connectivity index (χ3v) is 6.07. The minimum absolute atomic E-state index is 0.422. The van der Waals surface area contributed by atoms with Gasteiger partial charge in [0.25, 0.3) is 0 Å². The second-order valence-electron chi connectivity index (χ2n) is 4.70. The van der Waals surface area contributed by atoms with Crippen LogP contribution >= 0.6 is 34.7 Å². The first-order chi connectivity index (χ1) is 8.20. The standard InChI is InChI=1S/C13H20ClNS2/c1-9(11-7-8-13(14)17-11)15-10-5-3-4-6-12(10)16-2/h7-10,12,15H,3-6H2,1-2H3. The van der Waals surface area contributed by atoms with Crippen LogP contribution in [0.5, 0.6) is 0 Å². The summed E-state index contributed by atoms with van der Waals surface area (Å²) in [6, 6.07) is 5.22. The van der Waals surface area contributed by atoms with Gasteiger partial charge in [0.1, 0.15) is 0 Å².